The van der Waals surface area contributed by atoms with Gasteiger partial charge in [-0.1, -0.05) is 12.1 Å². The first-order valence-electron chi connectivity index (χ1n) is 12.8. The molecule has 3 N–H and O–H groups in total. The van der Waals surface area contributed by atoms with E-state index in [4.69, 9.17) is 0 Å². The summed E-state index contributed by atoms with van der Waals surface area (Å²) in [4.78, 5) is 23.2. The van der Waals surface area contributed by atoms with Gasteiger partial charge >= 0.3 is 6.18 Å². The van der Waals surface area contributed by atoms with Crippen molar-refractivity contribution < 1.29 is 23.1 Å². The lowest BCUT2D eigenvalue weighted by Gasteiger charge is -2.38. The van der Waals surface area contributed by atoms with E-state index in [1.165, 1.54) is 12.4 Å². The van der Waals surface area contributed by atoms with E-state index in [1.54, 1.807) is 40.9 Å². The Balaban J connectivity index is 1.40. The van der Waals surface area contributed by atoms with Crippen molar-refractivity contribution in [3.63, 3.8) is 0 Å². The van der Waals surface area contributed by atoms with E-state index in [-0.39, 0.29) is 30.0 Å². The molecule has 0 atom stereocenters. The highest BCUT2D eigenvalue weighted by atomic mass is 19.4. The number of β-amino-alcohol motifs (C(OH)–C–C–N with tert-alkyl or cyclic N) is 1. The number of hydrogen-bond donors (Lipinski definition) is 3. The van der Waals surface area contributed by atoms with E-state index in [9.17, 15) is 23.1 Å². The zero-order valence-corrected chi connectivity index (χ0v) is 22.6. The number of nitrogens with zero attached hydrogens (tertiary/aromatic N) is 5. The number of aliphatic hydroxyl groups is 1. The summed E-state index contributed by atoms with van der Waals surface area (Å²) in [5, 5.41) is 19.7. The Morgan fingerprint density at radius 3 is 2.54 bits per heavy atom. The molecule has 212 valence electrons. The van der Waals surface area contributed by atoms with Crippen LogP contribution in [0.4, 0.5) is 30.4 Å². The van der Waals surface area contributed by atoms with E-state index in [1.807, 2.05) is 32.1 Å². The van der Waals surface area contributed by atoms with Gasteiger partial charge in [0.25, 0.3) is 5.91 Å². The predicted molar refractivity (Wildman–Crippen MR) is 151 cm³/mol. The Labute approximate surface area is 234 Å². The number of aromatic nitrogens is 4. The minimum atomic E-state index is -4.59. The largest absolute Gasteiger partial charge is 0.416 e. The lowest BCUT2D eigenvalue weighted by Crippen LogP contribution is -2.50. The summed E-state index contributed by atoms with van der Waals surface area (Å²) in [6.45, 7) is 4.23. The van der Waals surface area contributed by atoms with E-state index < -0.39 is 23.8 Å². The number of aliphatic hydroxyl groups excluding tert-OH is 1. The molecule has 1 saturated heterocycles. The third-order valence-electron chi connectivity index (χ3n) is 6.69. The number of nitrogens with one attached hydrogen (secondary N) is 2. The number of hydrogen-bond acceptors (Lipinski definition) is 7. The second-order valence-electron chi connectivity index (χ2n) is 9.82. The molecular formula is C29H28F3N7O2. The van der Waals surface area contributed by atoms with Crippen LogP contribution in [-0.4, -0.2) is 57.0 Å². The maximum atomic E-state index is 13.6. The lowest BCUT2D eigenvalue weighted by molar-refractivity contribution is -0.137. The first-order chi connectivity index (χ1) is 19.5. The molecule has 0 bridgehead atoms. The molecule has 0 radical (unpaired) electrons. The number of benzene rings is 2. The van der Waals surface area contributed by atoms with Crippen LogP contribution in [0.15, 0.2) is 54.9 Å². The van der Waals surface area contributed by atoms with Crippen molar-refractivity contribution in [2.24, 2.45) is 0 Å². The molecule has 0 unspecified atom stereocenters. The Kier molecular flexibility index (Phi) is 7.50. The van der Waals surface area contributed by atoms with Gasteiger partial charge in [0.1, 0.15) is 12.1 Å². The van der Waals surface area contributed by atoms with Gasteiger partial charge in [-0.15, -0.1) is 0 Å². The van der Waals surface area contributed by atoms with Gasteiger partial charge in [-0.2, -0.15) is 18.3 Å². The number of carbonyl (C=O) groups excluding carboxylic acids is 1. The average molecular weight is 564 g/mol. The monoisotopic (exact) mass is 563 g/mol. The fourth-order valence-electron chi connectivity index (χ4n) is 4.46. The van der Waals surface area contributed by atoms with Crippen LogP contribution in [0.2, 0.25) is 0 Å². The second kappa shape index (κ2) is 11.0. The summed E-state index contributed by atoms with van der Waals surface area (Å²) in [6, 6.07) is 12.1. The highest BCUT2D eigenvalue weighted by molar-refractivity contribution is 6.05. The molecule has 1 aliphatic rings. The molecule has 9 nitrogen and oxygen atoms in total. The van der Waals surface area contributed by atoms with Gasteiger partial charge in [0.2, 0.25) is 0 Å². The molecule has 1 aliphatic heterocycles. The number of anilines is 3. The smallest absolute Gasteiger partial charge is 0.389 e. The van der Waals surface area contributed by atoms with Gasteiger partial charge in [0.15, 0.2) is 5.82 Å². The molecule has 0 aliphatic carbocycles. The van der Waals surface area contributed by atoms with Gasteiger partial charge in [0.05, 0.1) is 23.1 Å². The number of amides is 1. The van der Waals surface area contributed by atoms with Crippen LogP contribution in [0.1, 0.15) is 38.4 Å². The Bertz CT molecular complexity index is 1630. The van der Waals surface area contributed by atoms with Crippen molar-refractivity contribution in [1.82, 2.24) is 19.7 Å². The summed E-state index contributed by atoms with van der Waals surface area (Å²) in [6.07, 6.45) is -0.0387. The molecule has 1 amide bonds. The van der Waals surface area contributed by atoms with Crippen molar-refractivity contribution in [3.8, 4) is 5.82 Å². The molecule has 4 aromatic rings. The van der Waals surface area contributed by atoms with E-state index >= 15 is 0 Å². The molecule has 1 fully saturated rings. The summed E-state index contributed by atoms with van der Waals surface area (Å²) in [5.41, 5.74) is 2.90. The second-order valence-corrected chi connectivity index (χ2v) is 9.82. The standard InChI is InChI=1S/C29H28F3N7O2/c1-17-4-5-20(28(41)36-22-10-21(29(30,31)32)11-24(12-22)38-14-25(40)15-38)9-19(17)6-7-23-8-18(2)37-39(23)27-13-26(33-3)34-16-35-27/h4-13,16,25,40H,14-15H2,1-3H3,(H,36,41)(H,33,34,35)/b7-6-. The van der Waals surface area contributed by atoms with Gasteiger partial charge in [-0.05, 0) is 67.4 Å². The van der Waals surface area contributed by atoms with Gasteiger partial charge in [0, 0.05) is 43.1 Å². The fraction of sp³-hybridized carbons (Fsp3) is 0.241. The van der Waals surface area contributed by atoms with E-state index in [0.717, 1.165) is 34.6 Å². The van der Waals surface area contributed by atoms with Crippen LogP contribution in [0, 0.1) is 13.8 Å². The Morgan fingerprint density at radius 1 is 1.05 bits per heavy atom. The number of aryl methyl sites for hydroxylation is 2. The molecule has 12 heteroatoms. The quantitative estimate of drug-likeness (QED) is 0.292. The van der Waals surface area contributed by atoms with Crippen molar-refractivity contribution in [2.45, 2.75) is 26.1 Å². The normalized spacial score (nSPS) is 13.9. The molecular weight excluding hydrogens is 535 g/mol. The van der Waals surface area contributed by atoms with Crippen LogP contribution in [0.5, 0.6) is 0 Å². The SMILES string of the molecule is CNc1cc(-n2nc(C)cc2/C=C\c2cc(C(=O)Nc3cc(N4CC(O)C4)cc(C(F)(F)F)c3)ccc2C)ncn1. The molecule has 2 aromatic carbocycles. The van der Waals surface area contributed by atoms with Crippen molar-refractivity contribution in [3.05, 3.63) is 88.5 Å². The average Bonchev–Trinajstić information content (AvgIpc) is 3.30. The van der Waals surface area contributed by atoms with Crippen molar-refractivity contribution >= 4 is 35.3 Å². The highest BCUT2D eigenvalue weighted by Crippen LogP contribution is 2.36. The van der Waals surface area contributed by atoms with Crippen LogP contribution in [0.3, 0.4) is 0 Å². The number of rotatable bonds is 7. The van der Waals surface area contributed by atoms with Crippen molar-refractivity contribution in [2.75, 3.05) is 35.7 Å². The first kappa shape index (κ1) is 27.8. The molecule has 5 rings (SSSR count). The van der Waals surface area contributed by atoms with Gasteiger partial charge in [-0.25, -0.2) is 14.6 Å². The minimum absolute atomic E-state index is 0.0176. The Hall–Kier alpha value is -4.71. The lowest BCUT2D eigenvalue weighted by atomic mass is 10.0. The predicted octanol–water partition coefficient (Wildman–Crippen LogP) is 4.94. The fourth-order valence-corrected chi connectivity index (χ4v) is 4.46. The first-order valence-corrected chi connectivity index (χ1v) is 12.8. The van der Waals surface area contributed by atoms with Gasteiger partial charge in [-0.3, -0.25) is 4.79 Å². The molecule has 0 spiro atoms. The number of alkyl halides is 3. The van der Waals surface area contributed by atoms with E-state index in [0.29, 0.717) is 11.6 Å². The minimum Gasteiger partial charge on any atom is -0.389 e. The molecule has 41 heavy (non-hydrogen) atoms. The Morgan fingerprint density at radius 2 is 1.83 bits per heavy atom. The van der Waals surface area contributed by atoms with Gasteiger partial charge < -0.3 is 20.6 Å². The summed E-state index contributed by atoms with van der Waals surface area (Å²) in [5.74, 6) is 0.674. The molecule has 3 heterocycles. The number of halogens is 3. The summed E-state index contributed by atoms with van der Waals surface area (Å²) in [7, 11) is 1.76. The van der Waals surface area contributed by atoms with Crippen LogP contribution >= 0.6 is 0 Å². The van der Waals surface area contributed by atoms with E-state index in [2.05, 4.69) is 25.7 Å². The zero-order valence-electron chi connectivity index (χ0n) is 22.6. The van der Waals surface area contributed by atoms with Crippen LogP contribution < -0.4 is 15.5 Å². The zero-order chi connectivity index (χ0) is 29.3. The maximum absolute atomic E-state index is 13.6. The topological polar surface area (TPSA) is 108 Å². The maximum Gasteiger partial charge on any atom is 0.416 e. The molecule has 0 saturated carbocycles. The highest BCUT2D eigenvalue weighted by Gasteiger charge is 2.33. The van der Waals surface area contributed by atoms with Crippen molar-refractivity contribution in [1.29, 1.82) is 0 Å². The molecule has 2 aromatic heterocycles. The third-order valence-corrected chi connectivity index (χ3v) is 6.69. The summed E-state index contributed by atoms with van der Waals surface area (Å²) >= 11 is 0. The third kappa shape index (κ3) is 6.22. The van der Waals surface area contributed by atoms with Crippen LogP contribution in [0.25, 0.3) is 18.0 Å². The summed E-state index contributed by atoms with van der Waals surface area (Å²) < 4.78 is 42.4. The van der Waals surface area contributed by atoms with Crippen LogP contribution in [-0.2, 0) is 6.18 Å². The number of carbonyl (C=O) groups is 1.